The minimum atomic E-state index is -0.0110. The van der Waals surface area contributed by atoms with E-state index in [0.717, 1.165) is 24.1 Å². The van der Waals surface area contributed by atoms with E-state index in [9.17, 15) is 4.79 Å². The maximum atomic E-state index is 11.1. The highest BCUT2D eigenvalue weighted by Gasteiger charge is 2.20. The second-order valence-corrected chi connectivity index (χ2v) is 4.47. The predicted octanol–water partition coefficient (Wildman–Crippen LogP) is 1.77. The zero-order valence-electron chi connectivity index (χ0n) is 9.98. The van der Waals surface area contributed by atoms with Crippen LogP contribution in [0.15, 0.2) is 12.1 Å². The van der Waals surface area contributed by atoms with E-state index in [4.69, 9.17) is 9.84 Å². The first-order valence-electron chi connectivity index (χ1n) is 5.94. The summed E-state index contributed by atoms with van der Waals surface area (Å²) in [5.74, 6) is 0.867. The molecule has 0 bridgehead atoms. The third-order valence-corrected chi connectivity index (χ3v) is 2.95. The molecule has 0 radical (unpaired) electrons. The van der Waals surface area contributed by atoms with Crippen LogP contribution in [-0.4, -0.2) is 22.0 Å². The van der Waals surface area contributed by atoms with E-state index in [1.54, 1.807) is 6.07 Å². The molecule has 0 aliphatic heterocycles. The lowest BCUT2D eigenvalue weighted by Gasteiger charge is -2.22. The van der Waals surface area contributed by atoms with Crippen molar-refractivity contribution in [1.82, 2.24) is 4.98 Å². The summed E-state index contributed by atoms with van der Waals surface area (Å²) in [4.78, 5) is 15.4. The van der Waals surface area contributed by atoms with Gasteiger partial charge in [-0.3, -0.25) is 4.79 Å². The molecule has 1 aromatic heterocycles. The molecule has 2 rings (SSSR count). The summed E-state index contributed by atoms with van der Waals surface area (Å²) in [6.45, 7) is 1.86. The van der Waals surface area contributed by atoms with Gasteiger partial charge in [-0.05, 0) is 31.4 Å². The standard InChI is InChI=1S/C13H17NO3/c1-9-6-10(8-15)7-13(14-9)17-12-4-2-11(16)3-5-12/h6-7,12,15H,2-5,8H2,1H3. The number of aliphatic hydroxyl groups excluding tert-OH is 1. The number of Topliss-reactive ketones (excluding diaryl/α,β-unsaturated/α-hetero) is 1. The normalized spacial score (nSPS) is 17.2. The lowest BCUT2D eigenvalue weighted by molar-refractivity contribution is -0.121. The van der Waals surface area contributed by atoms with Gasteiger partial charge in [0.25, 0.3) is 0 Å². The highest BCUT2D eigenvalue weighted by molar-refractivity contribution is 5.79. The average molecular weight is 235 g/mol. The lowest BCUT2D eigenvalue weighted by Crippen LogP contribution is -2.24. The number of ether oxygens (including phenoxy) is 1. The third-order valence-electron chi connectivity index (χ3n) is 2.95. The van der Waals surface area contributed by atoms with Gasteiger partial charge in [0.05, 0.1) is 6.61 Å². The minimum Gasteiger partial charge on any atom is -0.474 e. The Bertz CT molecular complexity index is 407. The fraction of sp³-hybridized carbons (Fsp3) is 0.538. The van der Waals surface area contributed by atoms with Crippen molar-refractivity contribution >= 4 is 5.78 Å². The van der Waals surface area contributed by atoms with Crippen molar-refractivity contribution in [2.45, 2.75) is 45.3 Å². The van der Waals surface area contributed by atoms with Crippen LogP contribution in [0.25, 0.3) is 0 Å². The Morgan fingerprint density at radius 2 is 2.12 bits per heavy atom. The van der Waals surface area contributed by atoms with Crippen LogP contribution in [0.2, 0.25) is 0 Å². The molecular weight excluding hydrogens is 218 g/mol. The Morgan fingerprint density at radius 3 is 2.76 bits per heavy atom. The highest BCUT2D eigenvalue weighted by atomic mass is 16.5. The Balaban J connectivity index is 2.02. The van der Waals surface area contributed by atoms with E-state index >= 15 is 0 Å². The van der Waals surface area contributed by atoms with Gasteiger partial charge >= 0.3 is 0 Å². The molecule has 0 spiro atoms. The minimum absolute atomic E-state index is 0.0110. The van der Waals surface area contributed by atoms with E-state index in [1.165, 1.54) is 0 Å². The van der Waals surface area contributed by atoms with Gasteiger partial charge < -0.3 is 9.84 Å². The number of ketones is 1. The van der Waals surface area contributed by atoms with Crippen LogP contribution in [-0.2, 0) is 11.4 Å². The van der Waals surface area contributed by atoms with Crippen LogP contribution < -0.4 is 4.74 Å². The summed E-state index contributed by atoms with van der Waals surface area (Å²) in [6.07, 6.45) is 2.81. The number of nitrogens with zero attached hydrogens (tertiary/aromatic N) is 1. The van der Waals surface area contributed by atoms with E-state index in [2.05, 4.69) is 4.98 Å². The van der Waals surface area contributed by atoms with Gasteiger partial charge in [0.15, 0.2) is 0 Å². The maximum absolute atomic E-state index is 11.1. The number of carbonyl (C=O) groups is 1. The molecule has 92 valence electrons. The molecule has 1 N–H and O–H groups in total. The van der Waals surface area contributed by atoms with Crippen molar-refractivity contribution in [3.63, 3.8) is 0 Å². The molecule has 1 saturated carbocycles. The van der Waals surface area contributed by atoms with E-state index < -0.39 is 0 Å². The van der Waals surface area contributed by atoms with Gasteiger partial charge in [0.2, 0.25) is 5.88 Å². The molecule has 0 atom stereocenters. The molecule has 4 heteroatoms. The van der Waals surface area contributed by atoms with E-state index in [-0.39, 0.29) is 12.7 Å². The smallest absolute Gasteiger partial charge is 0.214 e. The predicted molar refractivity (Wildman–Crippen MR) is 62.8 cm³/mol. The maximum Gasteiger partial charge on any atom is 0.214 e. The fourth-order valence-electron chi connectivity index (χ4n) is 2.06. The molecule has 0 saturated heterocycles. The second kappa shape index (κ2) is 5.27. The number of pyridine rings is 1. The van der Waals surface area contributed by atoms with Crippen LogP contribution in [0, 0.1) is 6.92 Å². The van der Waals surface area contributed by atoms with Gasteiger partial charge in [0.1, 0.15) is 11.9 Å². The summed E-state index contributed by atoms with van der Waals surface area (Å²) in [5, 5.41) is 9.10. The van der Waals surface area contributed by atoms with Gasteiger partial charge in [-0.2, -0.15) is 0 Å². The quantitative estimate of drug-likeness (QED) is 0.867. The van der Waals surface area contributed by atoms with E-state index in [0.29, 0.717) is 24.5 Å². The summed E-state index contributed by atoms with van der Waals surface area (Å²) < 4.78 is 5.75. The molecule has 1 fully saturated rings. The zero-order valence-corrected chi connectivity index (χ0v) is 9.98. The van der Waals surface area contributed by atoms with Crippen molar-refractivity contribution in [1.29, 1.82) is 0 Å². The van der Waals surface area contributed by atoms with Crippen LogP contribution in [0.4, 0.5) is 0 Å². The Hall–Kier alpha value is -1.42. The van der Waals surface area contributed by atoms with Crippen LogP contribution in [0.3, 0.4) is 0 Å². The Morgan fingerprint density at radius 1 is 1.41 bits per heavy atom. The summed E-state index contributed by atoms with van der Waals surface area (Å²) in [5.41, 5.74) is 1.64. The molecule has 0 amide bonds. The number of rotatable bonds is 3. The first-order valence-corrected chi connectivity index (χ1v) is 5.94. The Kier molecular flexibility index (Phi) is 3.74. The first-order chi connectivity index (χ1) is 8.17. The largest absolute Gasteiger partial charge is 0.474 e. The molecule has 1 heterocycles. The topological polar surface area (TPSA) is 59.4 Å². The molecule has 4 nitrogen and oxygen atoms in total. The highest BCUT2D eigenvalue weighted by Crippen LogP contribution is 2.21. The number of aromatic nitrogens is 1. The number of hydrogen-bond acceptors (Lipinski definition) is 4. The number of hydrogen-bond donors (Lipinski definition) is 1. The molecule has 1 aromatic rings. The van der Waals surface area contributed by atoms with Crippen molar-refractivity contribution < 1.29 is 14.6 Å². The third kappa shape index (κ3) is 3.27. The second-order valence-electron chi connectivity index (χ2n) is 4.47. The number of carbonyl (C=O) groups excluding carboxylic acids is 1. The molecule has 17 heavy (non-hydrogen) atoms. The van der Waals surface area contributed by atoms with Gasteiger partial charge in [0, 0.05) is 24.6 Å². The van der Waals surface area contributed by atoms with E-state index in [1.807, 2.05) is 13.0 Å². The Labute approximate surface area is 101 Å². The monoisotopic (exact) mass is 235 g/mol. The molecule has 1 aliphatic rings. The zero-order chi connectivity index (χ0) is 12.3. The van der Waals surface area contributed by atoms with Gasteiger partial charge in [-0.1, -0.05) is 0 Å². The van der Waals surface area contributed by atoms with Crippen LogP contribution in [0.1, 0.15) is 36.9 Å². The molecule has 0 unspecified atom stereocenters. The molecular formula is C13H17NO3. The summed E-state index contributed by atoms with van der Waals surface area (Å²) >= 11 is 0. The van der Waals surface area contributed by atoms with Crippen molar-refractivity contribution in [2.75, 3.05) is 0 Å². The lowest BCUT2D eigenvalue weighted by atomic mass is 9.96. The van der Waals surface area contributed by atoms with Gasteiger partial charge in [-0.15, -0.1) is 0 Å². The number of aliphatic hydroxyl groups is 1. The molecule has 1 aliphatic carbocycles. The average Bonchev–Trinajstić information content (AvgIpc) is 2.31. The summed E-state index contributed by atoms with van der Waals surface area (Å²) in [7, 11) is 0. The first kappa shape index (κ1) is 12.0. The van der Waals surface area contributed by atoms with Crippen molar-refractivity contribution in [3.8, 4) is 5.88 Å². The van der Waals surface area contributed by atoms with Crippen molar-refractivity contribution in [2.24, 2.45) is 0 Å². The van der Waals surface area contributed by atoms with Gasteiger partial charge in [-0.25, -0.2) is 4.98 Å². The number of aryl methyl sites for hydroxylation is 1. The summed E-state index contributed by atoms with van der Waals surface area (Å²) in [6, 6.07) is 3.58. The fourth-order valence-corrected chi connectivity index (χ4v) is 2.06. The van der Waals surface area contributed by atoms with Crippen LogP contribution in [0.5, 0.6) is 5.88 Å². The SMILES string of the molecule is Cc1cc(CO)cc(OC2CCC(=O)CC2)n1. The van der Waals surface area contributed by atoms with Crippen LogP contribution >= 0.6 is 0 Å². The van der Waals surface area contributed by atoms with Crippen molar-refractivity contribution in [3.05, 3.63) is 23.4 Å². The molecule has 0 aromatic carbocycles.